The number of carbonyl (C=O) groups excluding carboxylic acids is 2. The summed E-state index contributed by atoms with van der Waals surface area (Å²) in [4.78, 5) is 28.5. The quantitative estimate of drug-likeness (QED) is 0.690. The molecule has 0 saturated carbocycles. The van der Waals surface area contributed by atoms with Gasteiger partial charge in [-0.15, -0.1) is 0 Å². The van der Waals surface area contributed by atoms with Crippen molar-refractivity contribution in [2.45, 2.75) is 51.6 Å². The van der Waals surface area contributed by atoms with Gasteiger partial charge in [0, 0.05) is 43.2 Å². The van der Waals surface area contributed by atoms with Gasteiger partial charge in [-0.3, -0.25) is 4.79 Å². The maximum Gasteiger partial charge on any atom is 0.337 e. The van der Waals surface area contributed by atoms with Gasteiger partial charge in [0.25, 0.3) is 0 Å². The molecule has 0 bridgehead atoms. The van der Waals surface area contributed by atoms with Crippen molar-refractivity contribution < 1.29 is 18.7 Å². The molecule has 1 aliphatic carbocycles. The zero-order valence-electron chi connectivity index (χ0n) is 19.3. The van der Waals surface area contributed by atoms with Crippen molar-refractivity contribution in [2.75, 3.05) is 19.0 Å². The van der Waals surface area contributed by atoms with Gasteiger partial charge >= 0.3 is 5.97 Å². The number of furan rings is 1. The summed E-state index contributed by atoms with van der Waals surface area (Å²) in [5, 5.41) is 3.36. The highest BCUT2D eigenvalue weighted by atomic mass is 16.5. The number of benzene rings is 1. The number of Topliss-reactive ketones (excluding diaryl/α,β-unsaturated/α-hetero) is 1. The molecule has 0 fully saturated rings. The average molecular weight is 435 g/mol. The van der Waals surface area contributed by atoms with E-state index in [9.17, 15) is 9.59 Å². The van der Waals surface area contributed by atoms with E-state index in [0.717, 1.165) is 16.9 Å². The molecular weight excluding hydrogens is 404 g/mol. The minimum atomic E-state index is -0.558. The van der Waals surface area contributed by atoms with Gasteiger partial charge in [-0.25, -0.2) is 4.79 Å². The normalized spacial score (nSPS) is 20.9. The van der Waals surface area contributed by atoms with Crippen molar-refractivity contribution in [3.63, 3.8) is 0 Å². The second-order valence-corrected chi connectivity index (χ2v) is 8.97. The minimum Gasteiger partial charge on any atom is -0.468 e. The Morgan fingerprint density at radius 3 is 2.47 bits per heavy atom. The number of dihydropyridines is 1. The van der Waals surface area contributed by atoms with Gasteiger partial charge in [-0.05, 0) is 62.9 Å². The van der Waals surface area contributed by atoms with E-state index < -0.39 is 11.9 Å². The van der Waals surface area contributed by atoms with Crippen molar-refractivity contribution in [1.29, 1.82) is 0 Å². The third-order valence-corrected chi connectivity index (χ3v) is 6.10. The minimum absolute atomic E-state index is 0.0317. The van der Waals surface area contributed by atoms with Gasteiger partial charge in [-0.2, -0.15) is 0 Å². The number of rotatable bonds is 5. The Kier molecular flexibility index (Phi) is 5.96. The van der Waals surface area contributed by atoms with Crippen molar-refractivity contribution in [3.8, 4) is 0 Å². The Morgan fingerprint density at radius 2 is 1.88 bits per heavy atom. The first-order valence-corrected chi connectivity index (χ1v) is 11.0. The Morgan fingerprint density at radius 1 is 1.16 bits per heavy atom. The van der Waals surface area contributed by atoms with E-state index in [0.29, 0.717) is 35.4 Å². The van der Waals surface area contributed by atoms with Crippen LogP contribution in [0.25, 0.3) is 0 Å². The van der Waals surface area contributed by atoms with Gasteiger partial charge in [-0.1, -0.05) is 12.1 Å². The molecule has 6 nitrogen and oxygen atoms in total. The zero-order valence-corrected chi connectivity index (χ0v) is 19.3. The summed E-state index contributed by atoms with van der Waals surface area (Å²) in [5.41, 5.74) is 4.88. The molecular formula is C26H30N2O4. The predicted octanol–water partition coefficient (Wildman–Crippen LogP) is 4.66. The van der Waals surface area contributed by atoms with E-state index in [1.807, 2.05) is 40.9 Å². The van der Waals surface area contributed by atoms with E-state index in [4.69, 9.17) is 9.15 Å². The van der Waals surface area contributed by atoms with Crippen LogP contribution in [0, 0.1) is 0 Å². The molecule has 0 amide bonds. The number of hydrogen-bond acceptors (Lipinski definition) is 6. The van der Waals surface area contributed by atoms with Crippen LogP contribution in [0.2, 0.25) is 0 Å². The number of nitrogens with zero attached hydrogens (tertiary/aromatic N) is 1. The molecule has 6 heteroatoms. The summed E-state index contributed by atoms with van der Waals surface area (Å²) in [6.45, 7) is 5.49. The van der Waals surface area contributed by atoms with E-state index in [-0.39, 0.29) is 17.8 Å². The van der Waals surface area contributed by atoms with E-state index in [1.165, 1.54) is 0 Å². The third kappa shape index (κ3) is 4.09. The molecule has 1 aliphatic heterocycles. The van der Waals surface area contributed by atoms with Crippen molar-refractivity contribution in [1.82, 2.24) is 5.32 Å². The lowest BCUT2D eigenvalue weighted by Crippen LogP contribution is -2.36. The second-order valence-electron chi connectivity index (χ2n) is 8.97. The number of esters is 1. The molecule has 0 saturated heterocycles. The molecule has 4 rings (SSSR count). The molecule has 2 atom stereocenters. The molecule has 0 radical (unpaired) electrons. The molecule has 1 aromatic carbocycles. The summed E-state index contributed by atoms with van der Waals surface area (Å²) in [7, 11) is 4.02. The third-order valence-electron chi connectivity index (χ3n) is 6.10. The van der Waals surface area contributed by atoms with Gasteiger partial charge in [0.1, 0.15) is 5.76 Å². The average Bonchev–Trinajstić information content (AvgIpc) is 3.26. The highest BCUT2D eigenvalue weighted by molar-refractivity contribution is 6.04. The van der Waals surface area contributed by atoms with Crippen LogP contribution in [0.5, 0.6) is 0 Å². The smallest absolute Gasteiger partial charge is 0.337 e. The Labute approximate surface area is 188 Å². The van der Waals surface area contributed by atoms with Crippen LogP contribution in [0.3, 0.4) is 0 Å². The fraction of sp³-hybridized carbons (Fsp3) is 0.385. The molecule has 32 heavy (non-hydrogen) atoms. The van der Waals surface area contributed by atoms with Crippen LogP contribution < -0.4 is 10.2 Å². The van der Waals surface area contributed by atoms with E-state index >= 15 is 0 Å². The van der Waals surface area contributed by atoms with Crippen LogP contribution in [-0.4, -0.2) is 32.0 Å². The fourth-order valence-corrected chi connectivity index (χ4v) is 4.61. The van der Waals surface area contributed by atoms with Crippen molar-refractivity contribution >= 4 is 17.4 Å². The lowest BCUT2D eigenvalue weighted by molar-refractivity contribution is -0.143. The number of ketones is 1. The standard InChI is InChI=1S/C26H30N2O4/c1-15(2)32-26(30)23-16(3)27-20-13-18(17-8-10-19(11-9-17)28(4)5)14-21(29)24(20)25(23)22-7-6-12-31-22/h6-12,15,18,25,27H,13-14H2,1-5H3/t18-,25+/m1/s1. The largest absolute Gasteiger partial charge is 0.468 e. The highest BCUT2D eigenvalue weighted by Crippen LogP contribution is 2.46. The SMILES string of the molecule is CC1=C(C(=O)OC(C)C)[C@H](c2ccco2)C2=C(C[C@@H](c3ccc(N(C)C)cc3)CC2=O)N1. The fourth-order valence-electron chi connectivity index (χ4n) is 4.61. The van der Waals surface area contributed by atoms with Crippen molar-refractivity contribution in [3.05, 3.63) is 76.5 Å². The zero-order chi connectivity index (χ0) is 23.0. The summed E-state index contributed by atoms with van der Waals surface area (Å²) >= 11 is 0. The van der Waals surface area contributed by atoms with Crippen LogP contribution in [-0.2, 0) is 14.3 Å². The van der Waals surface area contributed by atoms with E-state index in [2.05, 4.69) is 34.5 Å². The predicted molar refractivity (Wildman–Crippen MR) is 123 cm³/mol. The Bertz CT molecular complexity index is 1080. The monoisotopic (exact) mass is 434 g/mol. The first-order valence-electron chi connectivity index (χ1n) is 11.0. The topological polar surface area (TPSA) is 71.8 Å². The summed E-state index contributed by atoms with van der Waals surface area (Å²) < 4.78 is 11.2. The van der Waals surface area contributed by atoms with Crippen LogP contribution in [0.1, 0.15) is 56.8 Å². The molecule has 2 aliphatic rings. The van der Waals surface area contributed by atoms with Gasteiger partial charge in [0.15, 0.2) is 5.78 Å². The molecule has 168 valence electrons. The molecule has 0 unspecified atom stereocenters. The molecule has 2 aromatic rings. The van der Waals surface area contributed by atoms with Gasteiger partial charge < -0.3 is 19.4 Å². The maximum atomic E-state index is 13.5. The number of ether oxygens (including phenoxy) is 1. The second kappa shape index (κ2) is 8.69. The molecule has 1 aromatic heterocycles. The molecule has 0 spiro atoms. The molecule has 1 N–H and O–H groups in total. The lowest BCUT2D eigenvalue weighted by Gasteiger charge is -2.36. The summed E-state index contributed by atoms with van der Waals surface area (Å²) in [6.07, 6.45) is 2.40. The Hall–Kier alpha value is -3.28. The maximum absolute atomic E-state index is 13.5. The van der Waals surface area contributed by atoms with Crippen molar-refractivity contribution in [2.24, 2.45) is 0 Å². The lowest BCUT2D eigenvalue weighted by atomic mass is 9.73. The number of allylic oxidation sites excluding steroid dienone is 3. The first kappa shape index (κ1) is 21.9. The highest BCUT2D eigenvalue weighted by Gasteiger charge is 2.42. The number of nitrogens with one attached hydrogen (secondary N) is 1. The first-order chi connectivity index (χ1) is 15.3. The number of anilines is 1. The van der Waals surface area contributed by atoms with Crippen LogP contribution in [0.4, 0.5) is 5.69 Å². The van der Waals surface area contributed by atoms with Gasteiger partial charge in [0.2, 0.25) is 0 Å². The number of carbonyl (C=O) groups is 2. The Balaban J connectivity index is 1.71. The van der Waals surface area contributed by atoms with E-state index in [1.54, 1.807) is 12.3 Å². The number of hydrogen-bond donors (Lipinski definition) is 1. The summed E-state index contributed by atoms with van der Waals surface area (Å²) in [5.74, 6) is -0.288. The van der Waals surface area contributed by atoms with Crippen LogP contribution in [0.15, 0.2) is 69.6 Å². The summed E-state index contributed by atoms with van der Waals surface area (Å²) in [6, 6.07) is 11.9. The van der Waals surface area contributed by atoms with Crippen LogP contribution >= 0.6 is 0 Å². The molecule has 2 heterocycles. The van der Waals surface area contributed by atoms with Gasteiger partial charge in [0.05, 0.1) is 23.9 Å².